The molecule has 0 aliphatic carbocycles. The largest absolute Gasteiger partial charge is 0.330 e. The summed E-state index contributed by atoms with van der Waals surface area (Å²) in [4.78, 5) is 2.65. The van der Waals surface area contributed by atoms with Crippen LogP contribution in [-0.4, -0.2) is 31.1 Å². The lowest BCUT2D eigenvalue weighted by Crippen LogP contribution is -2.25. The van der Waals surface area contributed by atoms with Crippen molar-refractivity contribution in [1.82, 2.24) is 4.90 Å². The van der Waals surface area contributed by atoms with Gasteiger partial charge in [-0.3, -0.25) is 0 Å². The average Bonchev–Trinajstić information content (AvgIpc) is 2.73. The zero-order valence-electron chi connectivity index (χ0n) is 12.3. The van der Waals surface area contributed by atoms with E-state index in [0.717, 1.165) is 18.4 Å². The first-order chi connectivity index (χ1) is 7.94. The van der Waals surface area contributed by atoms with Gasteiger partial charge in [-0.25, -0.2) is 0 Å². The fourth-order valence-electron chi connectivity index (χ4n) is 2.65. The van der Waals surface area contributed by atoms with Crippen LogP contribution in [0.4, 0.5) is 0 Å². The monoisotopic (exact) mass is 240 g/mol. The summed E-state index contributed by atoms with van der Waals surface area (Å²) in [5.74, 6) is 1.80. The second-order valence-corrected chi connectivity index (χ2v) is 6.92. The average molecular weight is 240 g/mol. The highest BCUT2D eigenvalue weighted by Gasteiger charge is 2.24. The van der Waals surface area contributed by atoms with Crippen molar-refractivity contribution in [2.75, 3.05) is 26.2 Å². The van der Waals surface area contributed by atoms with Crippen molar-refractivity contribution in [2.24, 2.45) is 23.0 Å². The molecule has 1 heterocycles. The van der Waals surface area contributed by atoms with Gasteiger partial charge in [-0.05, 0) is 56.1 Å². The minimum absolute atomic E-state index is 0.339. The summed E-state index contributed by atoms with van der Waals surface area (Å²) in [6.45, 7) is 14.0. The normalized spacial score (nSPS) is 22.6. The van der Waals surface area contributed by atoms with Gasteiger partial charge < -0.3 is 10.6 Å². The summed E-state index contributed by atoms with van der Waals surface area (Å²) in [6.07, 6.45) is 5.35. The fraction of sp³-hybridized carbons (Fsp3) is 1.00. The van der Waals surface area contributed by atoms with Gasteiger partial charge >= 0.3 is 0 Å². The third-order valence-electron chi connectivity index (χ3n) is 4.38. The van der Waals surface area contributed by atoms with Crippen molar-refractivity contribution in [3.05, 3.63) is 0 Å². The van der Waals surface area contributed by atoms with Gasteiger partial charge in [0.25, 0.3) is 0 Å². The van der Waals surface area contributed by atoms with Gasteiger partial charge in [-0.2, -0.15) is 0 Å². The second-order valence-electron chi connectivity index (χ2n) is 6.92. The predicted molar refractivity (Wildman–Crippen MR) is 76.1 cm³/mol. The Kier molecular flexibility index (Phi) is 5.94. The van der Waals surface area contributed by atoms with Crippen molar-refractivity contribution in [2.45, 2.75) is 53.4 Å². The molecule has 0 saturated carbocycles. The van der Waals surface area contributed by atoms with Crippen LogP contribution < -0.4 is 5.73 Å². The molecule has 2 N–H and O–H groups in total. The summed E-state index contributed by atoms with van der Waals surface area (Å²) in [5, 5.41) is 0. The standard InChI is InChI=1S/C15H32N2/c1-13(2)14-7-10-17(11-14)9-6-5-8-15(3,4)12-16/h13-14H,5-12,16H2,1-4H3. The Morgan fingerprint density at radius 3 is 2.53 bits per heavy atom. The van der Waals surface area contributed by atoms with Crippen LogP contribution in [0.2, 0.25) is 0 Å². The van der Waals surface area contributed by atoms with Crippen molar-refractivity contribution < 1.29 is 0 Å². The van der Waals surface area contributed by atoms with Crippen LogP contribution in [0.1, 0.15) is 53.4 Å². The Morgan fingerprint density at radius 1 is 1.29 bits per heavy atom. The van der Waals surface area contributed by atoms with Crippen LogP contribution in [0.3, 0.4) is 0 Å². The number of nitrogens with zero attached hydrogens (tertiary/aromatic N) is 1. The maximum Gasteiger partial charge on any atom is 0.00126 e. The molecule has 0 radical (unpaired) electrons. The van der Waals surface area contributed by atoms with Crippen LogP contribution in [-0.2, 0) is 0 Å². The van der Waals surface area contributed by atoms with E-state index in [0.29, 0.717) is 5.41 Å². The van der Waals surface area contributed by atoms with Crippen molar-refractivity contribution in [3.63, 3.8) is 0 Å². The van der Waals surface area contributed by atoms with Crippen LogP contribution in [0, 0.1) is 17.3 Å². The summed E-state index contributed by atoms with van der Waals surface area (Å²) in [7, 11) is 0. The summed E-state index contributed by atoms with van der Waals surface area (Å²) < 4.78 is 0. The topological polar surface area (TPSA) is 29.3 Å². The van der Waals surface area contributed by atoms with E-state index in [2.05, 4.69) is 32.6 Å². The molecule has 0 aromatic heterocycles. The lowest BCUT2D eigenvalue weighted by Gasteiger charge is -2.23. The fourth-order valence-corrected chi connectivity index (χ4v) is 2.65. The molecule has 1 unspecified atom stereocenters. The first-order valence-electron chi connectivity index (χ1n) is 7.37. The van der Waals surface area contributed by atoms with Crippen LogP contribution >= 0.6 is 0 Å². The van der Waals surface area contributed by atoms with E-state index in [1.807, 2.05) is 0 Å². The molecule has 1 fully saturated rings. The van der Waals surface area contributed by atoms with Gasteiger partial charge in [0, 0.05) is 6.54 Å². The maximum atomic E-state index is 5.75. The Bertz CT molecular complexity index is 211. The number of hydrogen-bond acceptors (Lipinski definition) is 2. The van der Waals surface area contributed by atoms with E-state index in [1.54, 1.807) is 0 Å². The lowest BCUT2D eigenvalue weighted by molar-refractivity contribution is 0.279. The van der Waals surface area contributed by atoms with Gasteiger partial charge in [-0.1, -0.05) is 34.1 Å². The molecule has 2 heteroatoms. The second kappa shape index (κ2) is 6.75. The van der Waals surface area contributed by atoms with Gasteiger partial charge in [0.15, 0.2) is 0 Å². The van der Waals surface area contributed by atoms with E-state index in [4.69, 9.17) is 5.73 Å². The molecule has 1 rings (SSSR count). The minimum Gasteiger partial charge on any atom is -0.330 e. The van der Waals surface area contributed by atoms with Gasteiger partial charge in [0.1, 0.15) is 0 Å². The number of nitrogens with two attached hydrogens (primary N) is 1. The van der Waals surface area contributed by atoms with E-state index in [-0.39, 0.29) is 0 Å². The Labute approximate surface area is 108 Å². The molecular formula is C15H32N2. The molecule has 0 bridgehead atoms. The number of hydrogen-bond donors (Lipinski definition) is 1. The zero-order valence-corrected chi connectivity index (χ0v) is 12.3. The zero-order chi connectivity index (χ0) is 12.9. The molecule has 0 spiro atoms. The minimum atomic E-state index is 0.339. The highest BCUT2D eigenvalue weighted by molar-refractivity contribution is 4.77. The number of likely N-dealkylation sites (tertiary alicyclic amines) is 1. The Hall–Kier alpha value is -0.0800. The van der Waals surface area contributed by atoms with Gasteiger partial charge in [0.05, 0.1) is 0 Å². The van der Waals surface area contributed by atoms with Crippen molar-refractivity contribution in [1.29, 1.82) is 0 Å². The highest BCUT2D eigenvalue weighted by Crippen LogP contribution is 2.25. The van der Waals surface area contributed by atoms with Gasteiger partial charge in [0.2, 0.25) is 0 Å². The molecule has 1 atom stereocenters. The Morgan fingerprint density at radius 2 is 2.00 bits per heavy atom. The molecular weight excluding hydrogens is 208 g/mol. The van der Waals surface area contributed by atoms with Crippen molar-refractivity contribution >= 4 is 0 Å². The number of unbranched alkanes of at least 4 members (excludes halogenated alkanes) is 1. The molecule has 1 saturated heterocycles. The van der Waals surface area contributed by atoms with E-state index < -0.39 is 0 Å². The number of rotatable bonds is 7. The van der Waals surface area contributed by atoms with Crippen molar-refractivity contribution in [3.8, 4) is 0 Å². The van der Waals surface area contributed by atoms with Crippen LogP contribution in [0.15, 0.2) is 0 Å². The highest BCUT2D eigenvalue weighted by atomic mass is 15.1. The summed E-state index contributed by atoms with van der Waals surface area (Å²) in [6, 6.07) is 0. The predicted octanol–water partition coefficient (Wildman–Crippen LogP) is 3.12. The maximum absolute atomic E-state index is 5.75. The van der Waals surface area contributed by atoms with Crippen LogP contribution in [0.5, 0.6) is 0 Å². The molecule has 2 nitrogen and oxygen atoms in total. The third kappa shape index (κ3) is 5.39. The van der Waals surface area contributed by atoms with E-state index >= 15 is 0 Å². The molecule has 17 heavy (non-hydrogen) atoms. The quantitative estimate of drug-likeness (QED) is 0.693. The summed E-state index contributed by atoms with van der Waals surface area (Å²) >= 11 is 0. The molecule has 1 aliphatic heterocycles. The first kappa shape index (κ1) is 15.0. The molecule has 0 amide bonds. The third-order valence-corrected chi connectivity index (χ3v) is 4.38. The smallest absolute Gasteiger partial charge is 0.00126 e. The SMILES string of the molecule is CC(C)C1CCN(CCCCC(C)(C)CN)C1. The first-order valence-corrected chi connectivity index (χ1v) is 7.37. The summed E-state index contributed by atoms with van der Waals surface area (Å²) in [5.41, 5.74) is 6.09. The van der Waals surface area contributed by atoms with Gasteiger partial charge in [-0.15, -0.1) is 0 Å². The molecule has 0 aromatic rings. The van der Waals surface area contributed by atoms with E-state index in [9.17, 15) is 0 Å². The molecule has 102 valence electrons. The van der Waals surface area contributed by atoms with E-state index in [1.165, 1.54) is 45.3 Å². The lowest BCUT2D eigenvalue weighted by atomic mass is 9.87. The Balaban J connectivity index is 2.08. The molecule has 1 aliphatic rings. The van der Waals surface area contributed by atoms with Crippen LogP contribution in [0.25, 0.3) is 0 Å². The molecule has 0 aromatic carbocycles.